The molecule has 0 aliphatic carbocycles. The van der Waals surface area contributed by atoms with Crippen LogP contribution in [0.25, 0.3) is 0 Å². The maximum atomic E-state index is 12.5. The van der Waals surface area contributed by atoms with Crippen molar-refractivity contribution in [2.75, 3.05) is 25.3 Å². The third-order valence-corrected chi connectivity index (χ3v) is 5.42. The molecule has 0 radical (unpaired) electrons. The average molecular weight is 452 g/mol. The number of aliphatic imine (C=N–C) groups is 1. The molecule has 1 heterocycles. The van der Waals surface area contributed by atoms with Crippen molar-refractivity contribution in [3.63, 3.8) is 0 Å². The molecule has 11 heteroatoms. The molecule has 0 saturated heterocycles. The summed E-state index contributed by atoms with van der Waals surface area (Å²) in [5.41, 5.74) is -4.07. The summed E-state index contributed by atoms with van der Waals surface area (Å²) in [6.45, 7) is 1.06. The van der Waals surface area contributed by atoms with Crippen LogP contribution >= 0.6 is 23.2 Å². The third kappa shape index (κ3) is 4.78. The molecule has 0 N–H and O–H groups in total. The van der Waals surface area contributed by atoms with E-state index >= 15 is 0 Å². The summed E-state index contributed by atoms with van der Waals surface area (Å²) in [5, 5.41) is 0.477. The fraction of sp³-hybridized carbons (Fsp3) is 0.235. The van der Waals surface area contributed by atoms with Crippen LogP contribution in [0.5, 0.6) is 11.5 Å². The van der Waals surface area contributed by atoms with Gasteiger partial charge in [0, 0.05) is 12.7 Å². The van der Waals surface area contributed by atoms with Crippen LogP contribution in [0.2, 0.25) is 10.0 Å². The zero-order chi connectivity index (χ0) is 20.5. The summed E-state index contributed by atoms with van der Waals surface area (Å²) in [5.74, 6) is 0.382. The number of anilines is 1. The van der Waals surface area contributed by atoms with E-state index in [9.17, 15) is 17.7 Å². The number of ether oxygens (including phenoxy) is 1. The summed E-state index contributed by atoms with van der Waals surface area (Å²) < 4.78 is 54.5. The highest BCUT2D eigenvalue weighted by atomic mass is 35.5. The first-order valence-corrected chi connectivity index (χ1v) is 9.76. The van der Waals surface area contributed by atoms with Crippen molar-refractivity contribution in [3.05, 3.63) is 46.4 Å². The van der Waals surface area contributed by atoms with Crippen LogP contribution in [0.3, 0.4) is 0 Å². The van der Waals surface area contributed by atoms with E-state index < -0.39 is 16.7 Å². The predicted molar refractivity (Wildman–Crippen MR) is 104 cm³/mol. The Morgan fingerprint density at radius 3 is 2.29 bits per heavy atom. The molecule has 3 rings (SSSR count). The first kappa shape index (κ1) is 20.9. The standard InChI is InChI=1S/C17H14Cl2F3N3O2S/c1-24-8-23-9-25(10-24)11-6-14(18)16(15(19)7-11)27-12-2-4-13(5-3-12)28(26)17(20,21)22/h2-8H,9-10H2,1H3. The second kappa shape index (κ2) is 8.28. The first-order valence-electron chi connectivity index (χ1n) is 7.86. The molecule has 1 aliphatic heterocycles. The average Bonchev–Trinajstić information content (AvgIpc) is 2.63. The molecule has 0 fully saturated rings. The van der Waals surface area contributed by atoms with Gasteiger partial charge in [0.2, 0.25) is 0 Å². The largest absolute Gasteiger partial charge is 0.604 e. The van der Waals surface area contributed by atoms with Crippen LogP contribution in [0.1, 0.15) is 0 Å². The van der Waals surface area contributed by atoms with Gasteiger partial charge in [0.15, 0.2) is 10.6 Å². The van der Waals surface area contributed by atoms with Crippen molar-refractivity contribution in [1.82, 2.24) is 4.90 Å². The Bertz CT molecular complexity index is 858. The van der Waals surface area contributed by atoms with Crippen LogP contribution in [0.15, 0.2) is 46.3 Å². The second-order valence-electron chi connectivity index (χ2n) is 5.90. The number of alkyl halides is 3. The first-order chi connectivity index (χ1) is 13.1. The van der Waals surface area contributed by atoms with Gasteiger partial charge in [-0.3, -0.25) is 4.99 Å². The maximum Gasteiger partial charge on any atom is 0.578 e. The normalized spacial score (nSPS) is 15.7. The Hall–Kier alpha value is -1.81. The number of hydrogen-bond donors (Lipinski definition) is 0. The predicted octanol–water partition coefficient (Wildman–Crippen LogP) is 5.11. The number of halogens is 5. The van der Waals surface area contributed by atoms with E-state index in [0.717, 1.165) is 17.8 Å². The molecule has 5 nitrogen and oxygen atoms in total. The van der Waals surface area contributed by atoms with E-state index in [1.165, 1.54) is 12.1 Å². The maximum absolute atomic E-state index is 12.5. The lowest BCUT2D eigenvalue weighted by atomic mass is 10.2. The highest BCUT2D eigenvalue weighted by Crippen LogP contribution is 2.40. The fourth-order valence-corrected chi connectivity index (χ4v) is 3.70. The summed E-state index contributed by atoms with van der Waals surface area (Å²) in [7, 11) is 1.88. The topological polar surface area (TPSA) is 51.1 Å². The van der Waals surface area contributed by atoms with Gasteiger partial charge in [-0.15, -0.1) is 13.2 Å². The molecule has 2 aromatic carbocycles. The van der Waals surface area contributed by atoms with Crippen molar-refractivity contribution in [1.29, 1.82) is 0 Å². The zero-order valence-electron chi connectivity index (χ0n) is 14.4. The summed E-state index contributed by atoms with van der Waals surface area (Å²) in [4.78, 5) is 7.67. The summed E-state index contributed by atoms with van der Waals surface area (Å²) >= 11 is 9.49. The van der Waals surface area contributed by atoms with E-state index in [1.807, 2.05) is 16.8 Å². The number of nitrogens with zero attached hydrogens (tertiary/aromatic N) is 3. The Morgan fingerprint density at radius 2 is 1.75 bits per heavy atom. The molecule has 1 unspecified atom stereocenters. The highest BCUT2D eigenvalue weighted by Gasteiger charge is 2.46. The monoisotopic (exact) mass is 451 g/mol. The molecular weight excluding hydrogens is 438 g/mol. The van der Waals surface area contributed by atoms with Crippen LogP contribution in [-0.4, -0.2) is 41.7 Å². The highest BCUT2D eigenvalue weighted by molar-refractivity contribution is 7.92. The molecule has 2 aromatic rings. The summed E-state index contributed by atoms with van der Waals surface area (Å²) in [6, 6.07) is 8.05. The second-order valence-corrected chi connectivity index (χ2v) is 8.19. The minimum atomic E-state index is -4.82. The van der Waals surface area contributed by atoms with Crippen LogP contribution in [-0.2, 0) is 11.2 Å². The number of hydrogen-bond acceptors (Lipinski definition) is 5. The van der Waals surface area contributed by atoms with Gasteiger partial charge >= 0.3 is 5.51 Å². The van der Waals surface area contributed by atoms with Gasteiger partial charge in [-0.25, -0.2) is 0 Å². The van der Waals surface area contributed by atoms with Crippen molar-refractivity contribution in [2.45, 2.75) is 10.4 Å². The van der Waals surface area contributed by atoms with Gasteiger partial charge in [0.05, 0.1) is 34.2 Å². The molecule has 0 saturated carbocycles. The van der Waals surface area contributed by atoms with Crippen molar-refractivity contribution < 1.29 is 22.5 Å². The van der Waals surface area contributed by atoms with Gasteiger partial charge in [-0.1, -0.05) is 23.2 Å². The molecule has 0 bridgehead atoms. The van der Waals surface area contributed by atoms with E-state index in [2.05, 4.69) is 4.99 Å². The van der Waals surface area contributed by atoms with E-state index in [-0.39, 0.29) is 26.4 Å². The van der Waals surface area contributed by atoms with Crippen LogP contribution in [0, 0.1) is 0 Å². The van der Waals surface area contributed by atoms with Crippen molar-refractivity contribution in [3.8, 4) is 11.5 Å². The molecule has 150 valence electrons. The lowest BCUT2D eigenvalue weighted by Crippen LogP contribution is -2.39. The number of benzene rings is 2. The van der Waals surface area contributed by atoms with Crippen molar-refractivity contribution in [2.24, 2.45) is 4.99 Å². The van der Waals surface area contributed by atoms with Crippen molar-refractivity contribution >= 4 is 46.4 Å². The smallest absolute Gasteiger partial charge is 0.578 e. The van der Waals surface area contributed by atoms with Gasteiger partial charge < -0.3 is 19.1 Å². The molecule has 28 heavy (non-hydrogen) atoms. The number of rotatable bonds is 4. The van der Waals surface area contributed by atoms with Gasteiger partial charge in [-0.05, 0) is 36.4 Å². The lowest BCUT2D eigenvalue weighted by Gasteiger charge is -2.31. The molecule has 0 amide bonds. The Balaban J connectivity index is 1.78. The quantitative estimate of drug-likeness (QED) is 0.606. The van der Waals surface area contributed by atoms with Gasteiger partial charge in [-0.2, -0.15) is 0 Å². The molecule has 1 aliphatic rings. The van der Waals surface area contributed by atoms with Gasteiger partial charge in [0.25, 0.3) is 0 Å². The Labute approximate surface area is 172 Å². The SMILES string of the molecule is CN1C=NCN(c2cc(Cl)c(Oc3ccc([S+]([O-])C(F)(F)F)cc3)c(Cl)c2)C1. The van der Waals surface area contributed by atoms with E-state index in [0.29, 0.717) is 13.3 Å². The minimum absolute atomic E-state index is 0.172. The zero-order valence-corrected chi connectivity index (χ0v) is 16.7. The summed E-state index contributed by atoms with van der Waals surface area (Å²) in [6.07, 6.45) is 1.73. The van der Waals surface area contributed by atoms with E-state index in [1.54, 1.807) is 18.5 Å². The lowest BCUT2D eigenvalue weighted by molar-refractivity contribution is -0.0435. The van der Waals surface area contributed by atoms with Gasteiger partial charge in [0.1, 0.15) is 12.4 Å². The minimum Gasteiger partial charge on any atom is -0.604 e. The Kier molecular flexibility index (Phi) is 6.18. The molecule has 0 aromatic heterocycles. The van der Waals surface area contributed by atoms with Crippen LogP contribution < -0.4 is 9.64 Å². The third-order valence-electron chi connectivity index (χ3n) is 3.74. The molecule has 0 spiro atoms. The molecule has 1 atom stereocenters. The fourth-order valence-electron chi connectivity index (χ4n) is 2.50. The van der Waals surface area contributed by atoms with E-state index in [4.69, 9.17) is 27.9 Å². The molecular formula is C17H14Cl2F3N3O2S. The van der Waals surface area contributed by atoms with Crippen LogP contribution in [0.4, 0.5) is 18.9 Å². The Morgan fingerprint density at radius 1 is 1.14 bits per heavy atom.